The van der Waals surface area contributed by atoms with Gasteiger partial charge in [0, 0.05) is 6.20 Å². The molecule has 0 radical (unpaired) electrons. The molecule has 2 heterocycles. The highest BCUT2D eigenvalue weighted by Gasteiger charge is 2.14. The van der Waals surface area contributed by atoms with Gasteiger partial charge in [-0.25, -0.2) is 4.98 Å². The Balaban J connectivity index is 2.23. The first-order chi connectivity index (χ1) is 9.18. The van der Waals surface area contributed by atoms with Crippen LogP contribution in [0.3, 0.4) is 0 Å². The first-order valence-corrected chi connectivity index (χ1v) is 6.70. The lowest BCUT2D eigenvalue weighted by atomic mass is 10.1. The lowest BCUT2D eigenvalue weighted by Crippen LogP contribution is -2.07. The lowest BCUT2D eigenvalue weighted by Gasteiger charge is -2.14. The number of benzene rings is 1. The number of nitrogens with one attached hydrogen (secondary N) is 1. The van der Waals surface area contributed by atoms with E-state index in [1.165, 1.54) is 5.56 Å². The molecule has 1 atom stereocenters. The van der Waals surface area contributed by atoms with Crippen LogP contribution in [0.4, 0.5) is 0 Å². The summed E-state index contributed by atoms with van der Waals surface area (Å²) in [6.07, 6.45) is 1.83. The van der Waals surface area contributed by atoms with Gasteiger partial charge in [-0.2, -0.15) is 0 Å². The molecule has 0 fully saturated rings. The molecule has 0 aliphatic heterocycles. The van der Waals surface area contributed by atoms with E-state index in [0.717, 1.165) is 16.7 Å². The second kappa shape index (κ2) is 4.63. The number of aryl methyl sites for hydroxylation is 1. The number of hydrogen-bond donors (Lipinski definition) is 1. The third kappa shape index (κ3) is 1.98. The molecule has 1 unspecified atom stereocenters. The molecular weight excluding hydrogens is 254 g/mol. The Kier molecular flexibility index (Phi) is 2.95. The summed E-state index contributed by atoms with van der Waals surface area (Å²) in [7, 11) is 0. The second-order valence-corrected chi connectivity index (χ2v) is 5.10. The zero-order valence-corrected chi connectivity index (χ0v) is 11.7. The molecule has 0 saturated carbocycles. The normalized spacial score (nSPS) is 12.7. The van der Waals surface area contributed by atoms with Crippen molar-refractivity contribution in [3.05, 3.63) is 58.5 Å². The van der Waals surface area contributed by atoms with Gasteiger partial charge >= 0.3 is 0 Å². The summed E-state index contributed by atoms with van der Waals surface area (Å²) in [4.78, 5) is 7.74. The van der Waals surface area contributed by atoms with Crippen molar-refractivity contribution in [2.75, 3.05) is 0 Å². The van der Waals surface area contributed by atoms with Gasteiger partial charge < -0.3 is 4.98 Å². The molecule has 1 N–H and O–H groups in total. The number of imidazole rings is 1. The molecule has 3 aromatic rings. The largest absolute Gasteiger partial charge is 0.329 e. The van der Waals surface area contributed by atoms with Gasteiger partial charge in [0.2, 0.25) is 0 Å². The average Bonchev–Trinajstić information content (AvgIpc) is 2.77. The third-order valence-electron chi connectivity index (χ3n) is 3.49. The van der Waals surface area contributed by atoms with E-state index in [0.29, 0.717) is 4.77 Å². The summed E-state index contributed by atoms with van der Waals surface area (Å²) in [5.74, 6) is 0. The van der Waals surface area contributed by atoms with Crippen LogP contribution in [0.1, 0.15) is 24.1 Å². The molecule has 0 spiro atoms. The van der Waals surface area contributed by atoms with Gasteiger partial charge in [-0.1, -0.05) is 30.3 Å². The molecule has 2 aromatic heterocycles. The summed E-state index contributed by atoms with van der Waals surface area (Å²) in [6, 6.07) is 12.5. The molecule has 0 amide bonds. The standard InChI is InChI=1S/C15H15N3S/c1-10-8-9-16-14-13(10)17-15(19)18(14)11(2)12-6-4-3-5-7-12/h3-9,11H,1-2H3,(H,17,19). The second-order valence-electron chi connectivity index (χ2n) is 4.71. The number of H-pyrrole nitrogens is 1. The van der Waals surface area contributed by atoms with Crippen LogP contribution in [0.25, 0.3) is 11.2 Å². The maximum atomic E-state index is 5.46. The van der Waals surface area contributed by atoms with Crippen LogP contribution >= 0.6 is 12.2 Å². The fourth-order valence-corrected chi connectivity index (χ4v) is 2.73. The molecule has 3 rings (SSSR count). The van der Waals surface area contributed by atoms with Gasteiger partial charge in [-0.05, 0) is 43.3 Å². The van der Waals surface area contributed by atoms with Crippen molar-refractivity contribution in [3.63, 3.8) is 0 Å². The minimum absolute atomic E-state index is 0.164. The van der Waals surface area contributed by atoms with Crippen molar-refractivity contribution < 1.29 is 0 Å². The molecule has 0 aliphatic carbocycles. The predicted octanol–water partition coefficient (Wildman–Crippen LogP) is 4.01. The molecular formula is C15H15N3S. The fraction of sp³-hybridized carbons (Fsp3) is 0.200. The summed E-state index contributed by atoms with van der Waals surface area (Å²) in [5, 5.41) is 0. The summed E-state index contributed by atoms with van der Waals surface area (Å²) in [6.45, 7) is 4.20. The third-order valence-corrected chi connectivity index (χ3v) is 3.79. The van der Waals surface area contributed by atoms with Gasteiger partial charge in [0.1, 0.15) is 0 Å². The minimum atomic E-state index is 0.164. The molecule has 96 valence electrons. The number of aromatic nitrogens is 3. The molecule has 4 heteroatoms. The van der Waals surface area contributed by atoms with Crippen molar-refractivity contribution in [2.45, 2.75) is 19.9 Å². The van der Waals surface area contributed by atoms with Crippen LogP contribution in [0.5, 0.6) is 0 Å². The van der Waals surface area contributed by atoms with Crippen LogP contribution in [0.2, 0.25) is 0 Å². The molecule has 0 aliphatic rings. The van der Waals surface area contributed by atoms with Crippen LogP contribution < -0.4 is 0 Å². The van der Waals surface area contributed by atoms with Gasteiger partial charge in [0.25, 0.3) is 0 Å². The van der Waals surface area contributed by atoms with Crippen LogP contribution in [-0.4, -0.2) is 14.5 Å². The number of rotatable bonds is 2. The Morgan fingerprint density at radius 1 is 1.21 bits per heavy atom. The molecule has 3 nitrogen and oxygen atoms in total. The van der Waals surface area contributed by atoms with E-state index in [9.17, 15) is 0 Å². The van der Waals surface area contributed by atoms with Crippen molar-refractivity contribution in [2.24, 2.45) is 0 Å². The van der Waals surface area contributed by atoms with Crippen molar-refractivity contribution >= 4 is 23.4 Å². The smallest absolute Gasteiger partial charge is 0.179 e. The highest BCUT2D eigenvalue weighted by Crippen LogP contribution is 2.24. The highest BCUT2D eigenvalue weighted by atomic mass is 32.1. The molecule has 0 saturated heterocycles. The van der Waals surface area contributed by atoms with E-state index in [1.807, 2.05) is 30.5 Å². The Hall–Kier alpha value is -1.94. The number of fused-ring (bicyclic) bond motifs is 1. The Morgan fingerprint density at radius 2 is 1.95 bits per heavy atom. The van der Waals surface area contributed by atoms with Crippen LogP contribution in [0.15, 0.2) is 42.6 Å². The zero-order valence-electron chi connectivity index (χ0n) is 10.9. The zero-order chi connectivity index (χ0) is 13.4. The number of aromatic amines is 1. The predicted molar refractivity (Wildman–Crippen MR) is 79.9 cm³/mol. The lowest BCUT2D eigenvalue weighted by molar-refractivity contribution is 0.644. The molecule has 0 bridgehead atoms. The maximum Gasteiger partial charge on any atom is 0.179 e. The number of nitrogens with zero attached hydrogens (tertiary/aromatic N) is 2. The van der Waals surface area contributed by atoms with Gasteiger partial charge in [-0.15, -0.1) is 0 Å². The quantitative estimate of drug-likeness (QED) is 0.713. The topological polar surface area (TPSA) is 33.6 Å². The highest BCUT2D eigenvalue weighted by molar-refractivity contribution is 7.71. The van der Waals surface area contributed by atoms with E-state index in [2.05, 4.69) is 40.5 Å². The molecule has 19 heavy (non-hydrogen) atoms. The summed E-state index contributed by atoms with van der Waals surface area (Å²) < 4.78 is 2.79. The van der Waals surface area contributed by atoms with Crippen molar-refractivity contribution in [1.82, 2.24) is 14.5 Å². The van der Waals surface area contributed by atoms with Gasteiger partial charge in [0.05, 0.1) is 11.6 Å². The Labute approximate surface area is 116 Å². The summed E-state index contributed by atoms with van der Waals surface area (Å²) >= 11 is 5.46. The van der Waals surface area contributed by atoms with Crippen LogP contribution in [0, 0.1) is 11.7 Å². The van der Waals surface area contributed by atoms with E-state index >= 15 is 0 Å². The van der Waals surface area contributed by atoms with E-state index < -0.39 is 0 Å². The van der Waals surface area contributed by atoms with Crippen LogP contribution in [-0.2, 0) is 0 Å². The van der Waals surface area contributed by atoms with E-state index in [4.69, 9.17) is 12.2 Å². The fourth-order valence-electron chi connectivity index (χ4n) is 2.38. The number of hydrogen-bond acceptors (Lipinski definition) is 2. The first kappa shape index (κ1) is 12.1. The van der Waals surface area contributed by atoms with Crippen molar-refractivity contribution in [3.8, 4) is 0 Å². The molecule has 1 aromatic carbocycles. The van der Waals surface area contributed by atoms with E-state index in [-0.39, 0.29) is 6.04 Å². The van der Waals surface area contributed by atoms with E-state index in [1.54, 1.807) is 0 Å². The Morgan fingerprint density at radius 3 is 2.68 bits per heavy atom. The average molecular weight is 269 g/mol. The minimum Gasteiger partial charge on any atom is -0.329 e. The first-order valence-electron chi connectivity index (χ1n) is 6.29. The number of pyridine rings is 1. The maximum absolute atomic E-state index is 5.46. The summed E-state index contributed by atoms with van der Waals surface area (Å²) in [5.41, 5.74) is 4.33. The Bertz CT molecular complexity index is 771. The monoisotopic (exact) mass is 269 g/mol. The SMILES string of the molecule is Cc1ccnc2c1[nH]c(=S)n2C(C)c1ccccc1. The van der Waals surface area contributed by atoms with Crippen molar-refractivity contribution in [1.29, 1.82) is 0 Å². The van der Waals surface area contributed by atoms with Gasteiger partial charge in [0.15, 0.2) is 10.4 Å². The van der Waals surface area contributed by atoms with Gasteiger partial charge in [-0.3, -0.25) is 4.57 Å².